The molecule has 0 fully saturated rings. The maximum absolute atomic E-state index is 12.7. The van der Waals surface area contributed by atoms with Gasteiger partial charge in [0.2, 0.25) is 0 Å². The Morgan fingerprint density at radius 1 is 1.64 bits per heavy atom. The SMILES string of the molecule is COc1ccc(CO)nc1F. The predicted molar refractivity (Wildman–Crippen MR) is 36.7 cm³/mol. The van der Waals surface area contributed by atoms with Crippen molar-refractivity contribution in [2.45, 2.75) is 6.61 Å². The third-order valence-corrected chi connectivity index (χ3v) is 1.25. The van der Waals surface area contributed by atoms with Crippen LogP contribution in [0.25, 0.3) is 0 Å². The zero-order chi connectivity index (χ0) is 8.27. The van der Waals surface area contributed by atoms with Crippen LogP contribution in [0.5, 0.6) is 5.75 Å². The second-order valence-corrected chi connectivity index (χ2v) is 1.95. The van der Waals surface area contributed by atoms with Crippen LogP contribution < -0.4 is 4.74 Å². The Balaban J connectivity index is 2.99. The fourth-order valence-electron chi connectivity index (χ4n) is 0.699. The molecule has 1 aromatic heterocycles. The van der Waals surface area contributed by atoms with Gasteiger partial charge >= 0.3 is 0 Å². The van der Waals surface area contributed by atoms with Gasteiger partial charge in [-0.15, -0.1) is 0 Å². The lowest BCUT2D eigenvalue weighted by atomic mass is 10.3. The Kier molecular flexibility index (Phi) is 2.38. The molecule has 3 nitrogen and oxygen atoms in total. The van der Waals surface area contributed by atoms with Crippen LogP contribution in [-0.2, 0) is 6.61 Å². The smallest absolute Gasteiger partial charge is 0.255 e. The first-order valence-corrected chi connectivity index (χ1v) is 3.08. The van der Waals surface area contributed by atoms with Crippen LogP contribution in [0.3, 0.4) is 0 Å². The molecule has 11 heavy (non-hydrogen) atoms. The van der Waals surface area contributed by atoms with E-state index in [0.29, 0.717) is 5.69 Å². The summed E-state index contributed by atoms with van der Waals surface area (Å²) in [6, 6.07) is 2.93. The van der Waals surface area contributed by atoms with Crippen molar-refractivity contribution in [3.63, 3.8) is 0 Å². The molecular formula is C7H8FNO2. The fourth-order valence-corrected chi connectivity index (χ4v) is 0.699. The van der Waals surface area contributed by atoms with Gasteiger partial charge in [-0.2, -0.15) is 4.39 Å². The van der Waals surface area contributed by atoms with E-state index in [1.54, 1.807) is 0 Å². The number of ether oxygens (including phenoxy) is 1. The number of hydrogen-bond acceptors (Lipinski definition) is 3. The van der Waals surface area contributed by atoms with Crippen molar-refractivity contribution in [2.24, 2.45) is 0 Å². The molecule has 0 aliphatic carbocycles. The lowest BCUT2D eigenvalue weighted by Gasteiger charge is -2.00. The number of halogens is 1. The van der Waals surface area contributed by atoms with Crippen molar-refractivity contribution in [2.75, 3.05) is 7.11 Å². The summed E-state index contributed by atoms with van der Waals surface area (Å²) < 4.78 is 17.3. The van der Waals surface area contributed by atoms with E-state index >= 15 is 0 Å². The first-order chi connectivity index (χ1) is 5.27. The molecule has 0 radical (unpaired) electrons. The quantitative estimate of drug-likeness (QED) is 0.643. The zero-order valence-electron chi connectivity index (χ0n) is 6.04. The van der Waals surface area contributed by atoms with E-state index < -0.39 is 5.95 Å². The highest BCUT2D eigenvalue weighted by atomic mass is 19.1. The molecule has 0 saturated heterocycles. The minimum Gasteiger partial charge on any atom is -0.492 e. The van der Waals surface area contributed by atoms with E-state index in [1.807, 2.05) is 0 Å². The molecule has 4 heteroatoms. The number of pyridine rings is 1. The van der Waals surface area contributed by atoms with Gasteiger partial charge in [-0.25, -0.2) is 4.98 Å². The van der Waals surface area contributed by atoms with Gasteiger partial charge in [0.1, 0.15) is 0 Å². The summed E-state index contributed by atoms with van der Waals surface area (Å²) in [5.74, 6) is -0.610. The largest absolute Gasteiger partial charge is 0.492 e. The van der Waals surface area contributed by atoms with Crippen molar-refractivity contribution < 1.29 is 14.2 Å². The van der Waals surface area contributed by atoms with Crippen molar-refractivity contribution in [3.05, 3.63) is 23.8 Å². The number of methoxy groups -OCH3 is 1. The second-order valence-electron chi connectivity index (χ2n) is 1.95. The lowest BCUT2D eigenvalue weighted by molar-refractivity contribution is 0.273. The van der Waals surface area contributed by atoms with E-state index in [4.69, 9.17) is 5.11 Å². The molecule has 1 N–H and O–H groups in total. The first-order valence-electron chi connectivity index (χ1n) is 3.08. The van der Waals surface area contributed by atoms with Crippen LogP contribution in [0.4, 0.5) is 4.39 Å². The first kappa shape index (κ1) is 7.94. The number of hydrogen-bond donors (Lipinski definition) is 1. The second kappa shape index (κ2) is 3.30. The minimum absolute atomic E-state index is 0.0854. The molecule has 0 bridgehead atoms. The van der Waals surface area contributed by atoms with Gasteiger partial charge in [-0.1, -0.05) is 0 Å². The van der Waals surface area contributed by atoms with Crippen LogP contribution in [0.15, 0.2) is 12.1 Å². The predicted octanol–water partition coefficient (Wildman–Crippen LogP) is 0.722. The summed E-state index contributed by atoms with van der Waals surface area (Å²) in [5.41, 5.74) is 0.295. The number of nitrogens with zero attached hydrogens (tertiary/aromatic N) is 1. The molecule has 60 valence electrons. The summed E-state index contributed by atoms with van der Waals surface area (Å²) in [4.78, 5) is 3.42. The monoisotopic (exact) mass is 157 g/mol. The zero-order valence-corrected chi connectivity index (χ0v) is 6.04. The molecule has 0 atom stereocenters. The van der Waals surface area contributed by atoms with Gasteiger partial charge in [0.25, 0.3) is 5.95 Å². The standard InChI is InChI=1S/C7H8FNO2/c1-11-6-3-2-5(4-10)9-7(6)8/h2-3,10H,4H2,1H3. The average molecular weight is 157 g/mol. The van der Waals surface area contributed by atoms with Crippen LogP contribution >= 0.6 is 0 Å². The molecule has 0 aliphatic heterocycles. The molecule has 0 spiro atoms. The molecule has 1 aromatic rings. The van der Waals surface area contributed by atoms with Crippen molar-refractivity contribution in [1.82, 2.24) is 4.98 Å². The van der Waals surface area contributed by atoms with Crippen LogP contribution in [0.1, 0.15) is 5.69 Å². The van der Waals surface area contributed by atoms with E-state index in [9.17, 15) is 4.39 Å². The highest BCUT2D eigenvalue weighted by Gasteiger charge is 2.03. The normalized spacial score (nSPS) is 9.73. The van der Waals surface area contributed by atoms with Crippen molar-refractivity contribution >= 4 is 0 Å². The average Bonchev–Trinajstić information content (AvgIpc) is 2.04. The Morgan fingerprint density at radius 3 is 2.82 bits per heavy atom. The van der Waals surface area contributed by atoms with Gasteiger partial charge in [0.15, 0.2) is 5.75 Å². The summed E-state index contributed by atoms with van der Waals surface area (Å²) in [7, 11) is 1.36. The topological polar surface area (TPSA) is 42.4 Å². The lowest BCUT2D eigenvalue weighted by Crippen LogP contribution is -1.95. The molecule has 1 heterocycles. The summed E-state index contributed by atoms with van der Waals surface area (Å²) >= 11 is 0. The van der Waals surface area contributed by atoms with Gasteiger partial charge in [0, 0.05) is 0 Å². The molecule has 1 rings (SSSR count). The summed E-state index contributed by atoms with van der Waals surface area (Å²) in [5, 5.41) is 8.56. The van der Waals surface area contributed by atoms with E-state index in [-0.39, 0.29) is 12.4 Å². The number of rotatable bonds is 2. The van der Waals surface area contributed by atoms with Crippen LogP contribution in [-0.4, -0.2) is 17.2 Å². The van der Waals surface area contributed by atoms with Crippen molar-refractivity contribution in [1.29, 1.82) is 0 Å². The molecular weight excluding hydrogens is 149 g/mol. The van der Waals surface area contributed by atoms with Crippen LogP contribution in [0.2, 0.25) is 0 Å². The molecule has 0 aromatic carbocycles. The fraction of sp³-hybridized carbons (Fsp3) is 0.286. The summed E-state index contributed by atoms with van der Waals surface area (Å²) in [6.45, 7) is -0.263. The van der Waals surface area contributed by atoms with Crippen molar-refractivity contribution in [3.8, 4) is 5.75 Å². The maximum atomic E-state index is 12.7. The van der Waals surface area contributed by atoms with E-state index in [2.05, 4.69) is 9.72 Å². The number of aromatic nitrogens is 1. The molecule has 0 unspecified atom stereocenters. The Morgan fingerprint density at radius 2 is 2.36 bits per heavy atom. The molecule has 0 saturated carbocycles. The third-order valence-electron chi connectivity index (χ3n) is 1.25. The van der Waals surface area contributed by atoms with Gasteiger partial charge in [-0.05, 0) is 12.1 Å². The Labute approximate surface area is 63.5 Å². The van der Waals surface area contributed by atoms with Gasteiger partial charge in [-0.3, -0.25) is 0 Å². The molecule has 0 amide bonds. The van der Waals surface area contributed by atoms with E-state index in [0.717, 1.165) is 0 Å². The Bertz CT molecular complexity index is 252. The van der Waals surface area contributed by atoms with Gasteiger partial charge in [0.05, 0.1) is 19.4 Å². The maximum Gasteiger partial charge on any atom is 0.255 e. The highest BCUT2D eigenvalue weighted by molar-refractivity contribution is 5.21. The molecule has 0 aliphatic rings. The van der Waals surface area contributed by atoms with Crippen LogP contribution in [0, 0.1) is 5.95 Å². The minimum atomic E-state index is -0.695. The highest BCUT2D eigenvalue weighted by Crippen LogP contribution is 2.13. The summed E-state index contributed by atoms with van der Waals surface area (Å²) in [6.07, 6.45) is 0. The third kappa shape index (κ3) is 1.65. The Hall–Kier alpha value is -1.16. The number of aliphatic hydroxyl groups is 1. The van der Waals surface area contributed by atoms with E-state index in [1.165, 1.54) is 19.2 Å². The number of aliphatic hydroxyl groups excluding tert-OH is 1. The van der Waals surface area contributed by atoms with Gasteiger partial charge < -0.3 is 9.84 Å².